The zero-order valence-corrected chi connectivity index (χ0v) is 18.7. The molecule has 3 aliphatic rings. The number of rotatable bonds is 4. The van der Waals surface area contributed by atoms with Crippen LogP contribution in [-0.2, 0) is 9.53 Å². The molecule has 3 amide bonds. The SMILES string of the molecule is COC1=CC(NC(=O)N2CC(C(=N)NC(=O)C3(C)CCC3)=C(N)C2(C)C)=C(Cl)CC1. The minimum absolute atomic E-state index is 0.0505. The monoisotopic (exact) mass is 435 g/mol. The molecule has 8 nitrogen and oxygen atoms in total. The summed E-state index contributed by atoms with van der Waals surface area (Å²) in [5, 5.41) is 14.5. The fourth-order valence-electron chi connectivity index (χ4n) is 3.90. The van der Waals surface area contributed by atoms with Crippen molar-refractivity contribution in [2.75, 3.05) is 13.7 Å². The summed E-state index contributed by atoms with van der Waals surface area (Å²) in [4.78, 5) is 27.1. The number of nitrogens with two attached hydrogens (primary N) is 1. The Morgan fingerprint density at radius 2 is 1.93 bits per heavy atom. The summed E-state index contributed by atoms with van der Waals surface area (Å²) in [6.45, 7) is 5.64. The number of amides is 3. The van der Waals surface area contributed by atoms with Crippen molar-refractivity contribution in [3.8, 4) is 0 Å². The molecule has 164 valence electrons. The lowest BCUT2D eigenvalue weighted by Gasteiger charge is -2.36. The molecule has 0 aromatic rings. The first-order chi connectivity index (χ1) is 14.0. The van der Waals surface area contributed by atoms with Crippen molar-refractivity contribution in [1.82, 2.24) is 15.5 Å². The molecular formula is C21H30ClN5O3. The Hall–Kier alpha value is -2.48. The number of carbonyl (C=O) groups is 2. The zero-order valence-electron chi connectivity index (χ0n) is 17.9. The fraction of sp³-hybridized carbons (Fsp3) is 0.571. The molecule has 0 unspecified atom stereocenters. The molecule has 1 aliphatic heterocycles. The van der Waals surface area contributed by atoms with Gasteiger partial charge in [-0.25, -0.2) is 4.79 Å². The third-order valence-corrected chi connectivity index (χ3v) is 6.85. The molecular weight excluding hydrogens is 406 g/mol. The number of carbonyl (C=O) groups excluding carboxylic acids is 2. The van der Waals surface area contributed by atoms with Crippen LogP contribution in [-0.4, -0.2) is 41.9 Å². The Bertz CT molecular complexity index is 883. The molecule has 0 spiro atoms. The van der Waals surface area contributed by atoms with Gasteiger partial charge >= 0.3 is 6.03 Å². The molecule has 5 N–H and O–H groups in total. The van der Waals surface area contributed by atoms with Gasteiger partial charge in [-0.1, -0.05) is 24.9 Å². The summed E-state index contributed by atoms with van der Waals surface area (Å²) < 4.78 is 5.27. The van der Waals surface area contributed by atoms with E-state index in [1.54, 1.807) is 13.2 Å². The van der Waals surface area contributed by atoms with Crippen LogP contribution in [0.5, 0.6) is 0 Å². The lowest BCUT2D eigenvalue weighted by atomic mass is 9.70. The van der Waals surface area contributed by atoms with Crippen LogP contribution in [0.15, 0.2) is 33.8 Å². The Morgan fingerprint density at radius 1 is 1.27 bits per heavy atom. The predicted molar refractivity (Wildman–Crippen MR) is 116 cm³/mol. The van der Waals surface area contributed by atoms with E-state index in [9.17, 15) is 9.59 Å². The molecule has 1 fully saturated rings. The molecule has 9 heteroatoms. The minimum atomic E-state index is -0.827. The molecule has 0 aromatic carbocycles. The molecule has 0 atom stereocenters. The molecule has 2 aliphatic carbocycles. The second kappa shape index (κ2) is 7.98. The van der Waals surface area contributed by atoms with Crippen molar-refractivity contribution in [3.63, 3.8) is 0 Å². The van der Waals surface area contributed by atoms with E-state index in [-0.39, 0.29) is 24.3 Å². The second-order valence-corrected chi connectivity index (χ2v) is 9.30. The summed E-state index contributed by atoms with van der Waals surface area (Å²) in [6, 6.07) is -0.384. The normalized spacial score (nSPS) is 22.3. The van der Waals surface area contributed by atoms with Gasteiger partial charge in [-0.15, -0.1) is 0 Å². The molecule has 0 radical (unpaired) electrons. The van der Waals surface area contributed by atoms with Crippen LogP contribution in [0.1, 0.15) is 52.9 Å². The molecule has 3 rings (SSSR count). The van der Waals surface area contributed by atoms with Crippen LogP contribution in [0.25, 0.3) is 0 Å². The van der Waals surface area contributed by atoms with Crippen LogP contribution in [0.4, 0.5) is 4.79 Å². The van der Waals surface area contributed by atoms with E-state index < -0.39 is 11.0 Å². The van der Waals surface area contributed by atoms with Crippen LogP contribution in [0.2, 0.25) is 0 Å². The van der Waals surface area contributed by atoms with Crippen LogP contribution < -0.4 is 16.4 Å². The second-order valence-electron chi connectivity index (χ2n) is 8.84. The number of nitrogens with one attached hydrogen (secondary N) is 3. The van der Waals surface area contributed by atoms with E-state index in [4.69, 9.17) is 27.5 Å². The van der Waals surface area contributed by atoms with Gasteiger partial charge in [-0.2, -0.15) is 0 Å². The lowest BCUT2D eigenvalue weighted by Crippen LogP contribution is -2.50. The molecule has 1 saturated carbocycles. The van der Waals surface area contributed by atoms with Gasteiger partial charge in [0.25, 0.3) is 0 Å². The van der Waals surface area contributed by atoms with Crippen LogP contribution >= 0.6 is 11.6 Å². The Balaban J connectivity index is 1.72. The van der Waals surface area contributed by atoms with Gasteiger partial charge < -0.3 is 26.0 Å². The number of allylic oxidation sites excluding steroid dienone is 3. The molecule has 0 aromatic heterocycles. The fourth-order valence-corrected chi connectivity index (χ4v) is 4.09. The molecule has 0 saturated heterocycles. The largest absolute Gasteiger partial charge is 0.501 e. The van der Waals surface area contributed by atoms with E-state index in [0.29, 0.717) is 34.8 Å². The van der Waals surface area contributed by atoms with Gasteiger partial charge in [0.05, 0.1) is 30.6 Å². The summed E-state index contributed by atoms with van der Waals surface area (Å²) in [5.74, 6) is 0.518. The number of urea groups is 1. The highest BCUT2D eigenvalue weighted by Gasteiger charge is 2.44. The van der Waals surface area contributed by atoms with Crippen molar-refractivity contribution in [3.05, 3.63) is 33.8 Å². The minimum Gasteiger partial charge on any atom is -0.501 e. The highest BCUT2D eigenvalue weighted by Crippen LogP contribution is 2.40. The number of methoxy groups -OCH3 is 1. The number of ether oxygens (including phenoxy) is 1. The van der Waals surface area contributed by atoms with Crippen LogP contribution in [0, 0.1) is 10.8 Å². The topological polar surface area (TPSA) is 121 Å². The zero-order chi connectivity index (χ0) is 22.3. The number of halogens is 1. The van der Waals surface area contributed by atoms with Crippen molar-refractivity contribution in [1.29, 1.82) is 5.41 Å². The number of hydrogen-bond acceptors (Lipinski definition) is 5. The Morgan fingerprint density at radius 3 is 2.50 bits per heavy atom. The van der Waals surface area contributed by atoms with Gasteiger partial charge in [-0.3, -0.25) is 10.2 Å². The van der Waals surface area contributed by atoms with Crippen molar-refractivity contribution >= 4 is 29.4 Å². The van der Waals surface area contributed by atoms with E-state index in [1.165, 1.54) is 4.90 Å². The van der Waals surface area contributed by atoms with Crippen molar-refractivity contribution in [2.24, 2.45) is 11.1 Å². The molecule has 0 bridgehead atoms. The highest BCUT2D eigenvalue weighted by molar-refractivity contribution is 6.30. The number of hydrogen-bond donors (Lipinski definition) is 4. The first-order valence-corrected chi connectivity index (χ1v) is 10.5. The first-order valence-electron chi connectivity index (χ1n) is 10.1. The first kappa shape index (κ1) is 22.2. The maximum atomic E-state index is 13.0. The maximum Gasteiger partial charge on any atom is 0.322 e. The Kier molecular flexibility index (Phi) is 5.91. The molecule has 1 heterocycles. The molecule has 30 heavy (non-hydrogen) atoms. The smallest absolute Gasteiger partial charge is 0.322 e. The van der Waals surface area contributed by atoms with Gasteiger partial charge in [0.15, 0.2) is 0 Å². The highest BCUT2D eigenvalue weighted by atomic mass is 35.5. The van der Waals surface area contributed by atoms with Gasteiger partial charge in [0.1, 0.15) is 5.84 Å². The van der Waals surface area contributed by atoms with Gasteiger partial charge in [0, 0.05) is 34.2 Å². The summed E-state index contributed by atoms with van der Waals surface area (Å²) in [5.41, 5.74) is 6.39. The standard InChI is InChI=1S/C21H30ClN5O3/c1-20(2)16(23)13(17(24)26-18(28)21(3)8-5-9-21)11-27(20)19(29)25-15-10-12(30-4)6-7-14(15)22/h10H,5-9,11,23H2,1-4H3,(H,25,29)(H2,24,26,28). The Labute approximate surface area is 182 Å². The quantitative estimate of drug-likeness (QED) is 0.400. The third kappa shape index (κ3) is 3.93. The maximum absolute atomic E-state index is 13.0. The van der Waals surface area contributed by atoms with Crippen molar-refractivity contribution in [2.45, 2.75) is 58.4 Å². The lowest BCUT2D eigenvalue weighted by molar-refractivity contribution is -0.132. The van der Waals surface area contributed by atoms with Gasteiger partial charge in [-0.05, 0) is 33.1 Å². The van der Waals surface area contributed by atoms with Crippen LogP contribution in [0.3, 0.4) is 0 Å². The predicted octanol–water partition coefficient (Wildman–Crippen LogP) is 3.06. The van der Waals surface area contributed by atoms with Gasteiger partial charge in [0.2, 0.25) is 5.91 Å². The average Bonchev–Trinajstić information content (AvgIpc) is 2.91. The number of nitrogens with zero attached hydrogens (tertiary/aromatic N) is 1. The third-order valence-electron chi connectivity index (χ3n) is 6.46. The van der Waals surface area contributed by atoms with E-state index >= 15 is 0 Å². The summed E-state index contributed by atoms with van der Waals surface area (Å²) in [7, 11) is 1.58. The van der Waals surface area contributed by atoms with E-state index in [0.717, 1.165) is 25.0 Å². The average molecular weight is 436 g/mol. The summed E-state index contributed by atoms with van der Waals surface area (Å²) in [6.07, 6.45) is 5.62. The summed E-state index contributed by atoms with van der Waals surface area (Å²) >= 11 is 6.28. The van der Waals surface area contributed by atoms with Crippen molar-refractivity contribution < 1.29 is 14.3 Å². The van der Waals surface area contributed by atoms with E-state index in [1.807, 2.05) is 20.8 Å². The number of amidine groups is 1. The van der Waals surface area contributed by atoms with E-state index in [2.05, 4.69) is 10.6 Å².